The highest BCUT2D eigenvalue weighted by Crippen LogP contribution is 2.17. The first kappa shape index (κ1) is 14.3. The Labute approximate surface area is 125 Å². The summed E-state index contributed by atoms with van der Waals surface area (Å²) in [6.45, 7) is 1.88. The summed E-state index contributed by atoms with van der Waals surface area (Å²) in [6.07, 6.45) is 1.41. The standard InChI is InChI=1S/C15H13BrN2O2/c1-10-6-7-11(14(19)8-10)9-17-18-15(20)12-4-2-3-5-13(12)16/h2-9,19H,1H3,(H,18,20). The zero-order chi connectivity index (χ0) is 14.5. The normalized spacial score (nSPS) is 10.7. The number of benzene rings is 2. The summed E-state index contributed by atoms with van der Waals surface area (Å²) < 4.78 is 0.700. The Bertz CT molecular complexity index is 669. The number of nitrogens with one attached hydrogen (secondary N) is 1. The summed E-state index contributed by atoms with van der Waals surface area (Å²) in [5, 5.41) is 13.6. The van der Waals surface area contributed by atoms with E-state index in [4.69, 9.17) is 0 Å². The third-order valence-electron chi connectivity index (χ3n) is 2.67. The minimum atomic E-state index is -0.319. The molecule has 0 fully saturated rings. The summed E-state index contributed by atoms with van der Waals surface area (Å²) >= 11 is 3.30. The maximum Gasteiger partial charge on any atom is 0.272 e. The summed E-state index contributed by atoms with van der Waals surface area (Å²) in [6, 6.07) is 12.3. The van der Waals surface area contributed by atoms with Crippen molar-refractivity contribution in [2.75, 3.05) is 0 Å². The van der Waals surface area contributed by atoms with Crippen molar-refractivity contribution in [3.05, 3.63) is 63.6 Å². The second kappa shape index (κ2) is 6.34. The summed E-state index contributed by atoms with van der Waals surface area (Å²) in [5.41, 5.74) is 4.42. The molecule has 2 aromatic carbocycles. The predicted octanol–water partition coefficient (Wildman–Crippen LogP) is 3.23. The fraction of sp³-hybridized carbons (Fsp3) is 0.0667. The van der Waals surface area contributed by atoms with Crippen molar-refractivity contribution in [1.29, 1.82) is 0 Å². The van der Waals surface area contributed by atoms with E-state index < -0.39 is 0 Å². The number of halogens is 1. The highest BCUT2D eigenvalue weighted by atomic mass is 79.9. The molecule has 20 heavy (non-hydrogen) atoms. The van der Waals surface area contributed by atoms with E-state index in [0.29, 0.717) is 15.6 Å². The van der Waals surface area contributed by atoms with Crippen LogP contribution in [0.25, 0.3) is 0 Å². The third-order valence-corrected chi connectivity index (χ3v) is 3.37. The molecule has 0 aliphatic rings. The molecule has 0 saturated carbocycles. The number of hydrazone groups is 1. The van der Waals surface area contributed by atoms with E-state index in [2.05, 4.69) is 26.5 Å². The number of carbonyl (C=O) groups excluding carboxylic acids is 1. The topological polar surface area (TPSA) is 61.7 Å². The van der Waals surface area contributed by atoms with E-state index in [0.717, 1.165) is 5.56 Å². The molecule has 1 amide bonds. The molecular weight excluding hydrogens is 320 g/mol. The molecule has 0 radical (unpaired) electrons. The molecule has 2 rings (SSSR count). The van der Waals surface area contributed by atoms with Crippen molar-refractivity contribution in [2.24, 2.45) is 5.10 Å². The van der Waals surface area contributed by atoms with Crippen LogP contribution in [0.15, 0.2) is 52.0 Å². The number of amides is 1. The van der Waals surface area contributed by atoms with Gasteiger partial charge in [0.15, 0.2) is 0 Å². The average Bonchev–Trinajstić information content (AvgIpc) is 2.41. The Kier molecular flexibility index (Phi) is 4.53. The van der Waals surface area contributed by atoms with E-state index in [1.165, 1.54) is 6.21 Å². The van der Waals surface area contributed by atoms with E-state index >= 15 is 0 Å². The van der Waals surface area contributed by atoms with Gasteiger partial charge in [0, 0.05) is 10.0 Å². The number of aromatic hydroxyl groups is 1. The van der Waals surface area contributed by atoms with Crippen molar-refractivity contribution >= 4 is 28.1 Å². The van der Waals surface area contributed by atoms with Crippen LogP contribution >= 0.6 is 15.9 Å². The average molecular weight is 333 g/mol. The molecule has 0 bridgehead atoms. The number of hydrogen-bond acceptors (Lipinski definition) is 3. The smallest absolute Gasteiger partial charge is 0.272 e. The van der Waals surface area contributed by atoms with Crippen LogP contribution in [0.2, 0.25) is 0 Å². The molecule has 4 nitrogen and oxygen atoms in total. The highest BCUT2D eigenvalue weighted by Gasteiger charge is 2.07. The summed E-state index contributed by atoms with van der Waals surface area (Å²) in [5.74, 6) is -0.191. The number of rotatable bonds is 3. The second-order valence-electron chi connectivity index (χ2n) is 4.24. The molecule has 0 saturated heterocycles. The molecule has 2 N–H and O–H groups in total. The lowest BCUT2D eigenvalue weighted by atomic mass is 10.1. The molecule has 0 atom stereocenters. The number of nitrogens with zero attached hydrogens (tertiary/aromatic N) is 1. The molecule has 0 spiro atoms. The van der Waals surface area contributed by atoms with Gasteiger partial charge in [-0.05, 0) is 52.7 Å². The quantitative estimate of drug-likeness (QED) is 0.669. The van der Waals surface area contributed by atoms with Gasteiger partial charge < -0.3 is 5.11 Å². The van der Waals surface area contributed by atoms with Crippen molar-refractivity contribution in [3.8, 4) is 5.75 Å². The lowest BCUT2D eigenvalue weighted by Gasteiger charge is -2.03. The first-order valence-electron chi connectivity index (χ1n) is 5.95. The lowest BCUT2D eigenvalue weighted by molar-refractivity contribution is 0.0954. The van der Waals surface area contributed by atoms with Gasteiger partial charge in [-0.2, -0.15) is 5.10 Å². The van der Waals surface area contributed by atoms with Gasteiger partial charge in [0.1, 0.15) is 5.75 Å². The Morgan fingerprint density at radius 3 is 2.75 bits per heavy atom. The molecule has 0 aliphatic carbocycles. The third kappa shape index (κ3) is 3.45. The first-order chi connectivity index (χ1) is 9.58. The van der Waals surface area contributed by atoms with Crippen molar-refractivity contribution in [3.63, 3.8) is 0 Å². The molecule has 2 aromatic rings. The van der Waals surface area contributed by atoms with Crippen molar-refractivity contribution in [2.45, 2.75) is 6.92 Å². The fourth-order valence-corrected chi connectivity index (χ4v) is 2.09. The minimum absolute atomic E-state index is 0.129. The Balaban J connectivity index is 2.07. The Morgan fingerprint density at radius 1 is 1.30 bits per heavy atom. The minimum Gasteiger partial charge on any atom is -0.507 e. The monoisotopic (exact) mass is 332 g/mol. The molecule has 5 heteroatoms. The molecule has 0 aliphatic heterocycles. The molecule has 0 unspecified atom stereocenters. The number of aryl methyl sites for hydroxylation is 1. The highest BCUT2D eigenvalue weighted by molar-refractivity contribution is 9.10. The van der Waals surface area contributed by atoms with Gasteiger partial charge in [0.05, 0.1) is 11.8 Å². The largest absolute Gasteiger partial charge is 0.507 e. The number of phenols is 1. The summed E-state index contributed by atoms with van der Waals surface area (Å²) in [4.78, 5) is 11.9. The molecule has 0 heterocycles. The van der Waals surface area contributed by atoms with Gasteiger partial charge in [-0.15, -0.1) is 0 Å². The van der Waals surface area contributed by atoms with Crippen LogP contribution in [0.1, 0.15) is 21.5 Å². The number of phenolic OH excluding ortho intramolecular Hbond substituents is 1. The van der Waals surface area contributed by atoms with Gasteiger partial charge in [-0.3, -0.25) is 4.79 Å². The second-order valence-corrected chi connectivity index (χ2v) is 5.10. The predicted molar refractivity (Wildman–Crippen MR) is 82.0 cm³/mol. The SMILES string of the molecule is Cc1ccc(C=NNC(=O)c2ccccc2Br)c(O)c1. The Morgan fingerprint density at radius 2 is 2.05 bits per heavy atom. The molecule has 102 valence electrons. The van der Waals surface area contributed by atoms with Crippen molar-refractivity contribution in [1.82, 2.24) is 5.43 Å². The maximum atomic E-state index is 11.9. The van der Waals surface area contributed by atoms with Gasteiger partial charge in [-0.1, -0.05) is 18.2 Å². The van der Waals surface area contributed by atoms with Gasteiger partial charge >= 0.3 is 0 Å². The van der Waals surface area contributed by atoms with Crippen LogP contribution in [0.4, 0.5) is 0 Å². The van der Waals surface area contributed by atoms with Gasteiger partial charge in [-0.25, -0.2) is 5.43 Å². The zero-order valence-corrected chi connectivity index (χ0v) is 12.4. The van der Waals surface area contributed by atoms with Gasteiger partial charge in [0.2, 0.25) is 0 Å². The van der Waals surface area contributed by atoms with Crippen LogP contribution in [0.5, 0.6) is 5.75 Å². The fourth-order valence-electron chi connectivity index (χ4n) is 1.63. The molecular formula is C15H13BrN2O2. The molecule has 0 aromatic heterocycles. The van der Waals surface area contributed by atoms with Crippen LogP contribution in [-0.4, -0.2) is 17.2 Å². The lowest BCUT2D eigenvalue weighted by Crippen LogP contribution is -2.18. The van der Waals surface area contributed by atoms with E-state index in [1.54, 1.807) is 30.3 Å². The van der Waals surface area contributed by atoms with Crippen LogP contribution < -0.4 is 5.43 Å². The zero-order valence-electron chi connectivity index (χ0n) is 10.8. The van der Waals surface area contributed by atoms with Crippen LogP contribution in [0, 0.1) is 6.92 Å². The first-order valence-corrected chi connectivity index (χ1v) is 6.75. The van der Waals surface area contributed by atoms with Crippen molar-refractivity contribution < 1.29 is 9.90 Å². The van der Waals surface area contributed by atoms with Gasteiger partial charge in [0.25, 0.3) is 5.91 Å². The van der Waals surface area contributed by atoms with E-state index in [-0.39, 0.29) is 11.7 Å². The Hall–Kier alpha value is -2.14. The van der Waals surface area contributed by atoms with E-state index in [1.807, 2.05) is 19.1 Å². The number of carbonyl (C=O) groups is 1. The maximum absolute atomic E-state index is 11.9. The van der Waals surface area contributed by atoms with Crippen LogP contribution in [-0.2, 0) is 0 Å². The van der Waals surface area contributed by atoms with E-state index in [9.17, 15) is 9.90 Å². The van der Waals surface area contributed by atoms with Crippen LogP contribution in [0.3, 0.4) is 0 Å². The number of hydrogen-bond donors (Lipinski definition) is 2. The summed E-state index contributed by atoms with van der Waals surface area (Å²) in [7, 11) is 0.